The van der Waals surface area contributed by atoms with Crippen LogP contribution in [0.25, 0.3) is 0 Å². The number of allylic oxidation sites excluding steroid dienone is 1. The highest BCUT2D eigenvalue weighted by atomic mass is 19.1. The summed E-state index contributed by atoms with van der Waals surface area (Å²) in [5.74, 6) is 0.378. The zero-order valence-electron chi connectivity index (χ0n) is 8.42. The summed E-state index contributed by atoms with van der Waals surface area (Å²) < 4.78 is 17.9. The second-order valence-corrected chi connectivity index (χ2v) is 3.14. The average Bonchev–Trinajstić information content (AvgIpc) is 2.20. The molecule has 0 saturated heterocycles. The van der Waals surface area contributed by atoms with Crippen LogP contribution in [0.4, 0.5) is 4.39 Å². The van der Waals surface area contributed by atoms with Crippen LogP contribution in [0.3, 0.4) is 0 Å². The predicted octanol–water partition coefficient (Wildman–Crippen LogP) is 3.34. The molecule has 0 amide bonds. The maximum absolute atomic E-state index is 12.8. The third kappa shape index (κ3) is 2.87. The fourth-order valence-electron chi connectivity index (χ4n) is 1.36. The molecule has 0 unspecified atom stereocenters. The molecule has 0 aliphatic carbocycles. The molecular formula is C12H15FO. The summed E-state index contributed by atoms with van der Waals surface area (Å²) in [6, 6.07) is 4.66. The Morgan fingerprint density at radius 2 is 2.29 bits per heavy atom. The number of ether oxygens (including phenoxy) is 1. The van der Waals surface area contributed by atoms with Crippen molar-refractivity contribution in [2.24, 2.45) is 0 Å². The van der Waals surface area contributed by atoms with Gasteiger partial charge in [0.05, 0.1) is 7.11 Å². The lowest BCUT2D eigenvalue weighted by atomic mass is 10.1. The molecule has 0 spiro atoms. The van der Waals surface area contributed by atoms with E-state index in [4.69, 9.17) is 4.74 Å². The smallest absolute Gasteiger partial charge is 0.126 e. The van der Waals surface area contributed by atoms with E-state index in [2.05, 4.69) is 6.58 Å². The summed E-state index contributed by atoms with van der Waals surface area (Å²) >= 11 is 0. The molecule has 0 N–H and O–H groups in total. The number of aryl methyl sites for hydroxylation is 1. The summed E-state index contributed by atoms with van der Waals surface area (Å²) in [7, 11) is 1.56. The SMILES string of the molecule is C=CCCCc1ccc(F)cc1OC. The van der Waals surface area contributed by atoms with Gasteiger partial charge in [0, 0.05) is 6.07 Å². The normalized spacial score (nSPS) is 9.86. The number of unbranched alkanes of at least 4 members (excludes halogenated alkanes) is 1. The zero-order chi connectivity index (χ0) is 10.4. The summed E-state index contributed by atoms with van der Waals surface area (Å²) in [5.41, 5.74) is 1.05. The minimum absolute atomic E-state index is 0.255. The maximum Gasteiger partial charge on any atom is 0.126 e. The fraction of sp³-hybridized carbons (Fsp3) is 0.333. The van der Waals surface area contributed by atoms with Crippen molar-refractivity contribution < 1.29 is 9.13 Å². The minimum atomic E-state index is -0.255. The van der Waals surface area contributed by atoms with Gasteiger partial charge in [0.15, 0.2) is 0 Å². The van der Waals surface area contributed by atoms with Gasteiger partial charge in [-0.2, -0.15) is 0 Å². The lowest BCUT2D eigenvalue weighted by molar-refractivity contribution is 0.405. The van der Waals surface area contributed by atoms with Gasteiger partial charge in [-0.05, 0) is 30.9 Å². The number of benzene rings is 1. The molecule has 1 aromatic rings. The highest BCUT2D eigenvalue weighted by Gasteiger charge is 2.03. The maximum atomic E-state index is 12.8. The number of halogens is 1. The third-order valence-electron chi connectivity index (χ3n) is 2.10. The molecule has 1 aromatic carbocycles. The van der Waals surface area contributed by atoms with Crippen molar-refractivity contribution >= 4 is 0 Å². The van der Waals surface area contributed by atoms with E-state index in [9.17, 15) is 4.39 Å². The highest BCUT2D eigenvalue weighted by molar-refractivity contribution is 5.34. The van der Waals surface area contributed by atoms with E-state index < -0.39 is 0 Å². The first-order chi connectivity index (χ1) is 6.77. The van der Waals surface area contributed by atoms with Crippen LogP contribution in [0.2, 0.25) is 0 Å². The summed E-state index contributed by atoms with van der Waals surface area (Å²) in [5, 5.41) is 0. The minimum Gasteiger partial charge on any atom is -0.496 e. The highest BCUT2D eigenvalue weighted by Crippen LogP contribution is 2.21. The van der Waals surface area contributed by atoms with Crippen LogP contribution in [-0.2, 0) is 6.42 Å². The largest absolute Gasteiger partial charge is 0.496 e. The van der Waals surface area contributed by atoms with E-state index in [0.29, 0.717) is 5.75 Å². The average molecular weight is 194 g/mol. The second kappa shape index (κ2) is 5.43. The van der Waals surface area contributed by atoms with Crippen LogP contribution in [0.15, 0.2) is 30.9 Å². The molecule has 0 bridgehead atoms. The Hall–Kier alpha value is -1.31. The van der Waals surface area contributed by atoms with Crippen LogP contribution in [-0.4, -0.2) is 7.11 Å². The van der Waals surface area contributed by atoms with Crippen molar-refractivity contribution in [3.8, 4) is 5.75 Å². The summed E-state index contributed by atoms with van der Waals surface area (Å²) in [4.78, 5) is 0. The van der Waals surface area contributed by atoms with Gasteiger partial charge in [-0.1, -0.05) is 12.1 Å². The van der Waals surface area contributed by atoms with Crippen LogP contribution < -0.4 is 4.74 Å². The van der Waals surface area contributed by atoms with Gasteiger partial charge in [0.25, 0.3) is 0 Å². The first kappa shape index (κ1) is 10.8. The van der Waals surface area contributed by atoms with Crippen molar-refractivity contribution in [3.63, 3.8) is 0 Å². The van der Waals surface area contributed by atoms with E-state index in [1.165, 1.54) is 12.1 Å². The zero-order valence-corrected chi connectivity index (χ0v) is 8.42. The molecule has 0 saturated carbocycles. The molecule has 14 heavy (non-hydrogen) atoms. The first-order valence-electron chi connectivity index (χ1n) is 4.71. The van der Waals surface area contributed by atoms with Crippen molar-refractivity contribution in [1.82, 2.24) is 0 Å². The number of hydrogen-bond donors (Lipinski definition) is 0. The van der Waals surface area contributed by atoms with Crippen LogP contribution in [0.1, 0.15) is 18.4 Å². The number of methoxy groups -OCH3 is 1. The van der Waals surface area contributed by atoms with Crippen LogP contribution in [0, 0.1) is 5.82 Å². The van der Waals surface area contributed by atoms with Gasteiger partial charge in [-0.15, -0.1) is 6.58 Å². The van der Waals surface area contributed by atoms with Gasteiger partial charge in [-0.25, -0.2) is 4.39 Å². The van der Waals surface area contributed by atoms with E-state index in [1.54, 1.807) is 13.2 Å². The quantitative estimate of drug-likeness (QED) is 0.516. The lowest BCUT2D eigenvalue weighted by Gasteiger charge is -2.07. The molecular weight excluding hydrogens is 179 g/mol. The van der Waals surface area contributed by atoms with Gasteiger partial charge < -0.3 is 4.74 Å². The molecule has 0 aliphatic heterocycles. The van der Waals surface area contributed by atoms with Crippen molar-refractivity contribution in [2.45, 2.75) is 19.3 Å². The van der Waals surface area contributed by atoms with Gasteiger partial charge in [-0.3, -0.25) is 0 Å². The molecule has 0 heterocycles. The fourth-order valence-corrected chi connectivity index (χ4v) is 1.36. The molecule has 0 radical (unpaired) electrons. The monoisotopic (exact) mass is 194 g/mol. The Bertz CT molecular complexity index is 307. The number of rotatable bonds is 5. The second-order valence-electron chi connectivity index (χ2n) is 3.14. The van der Waals surface area contributed by atoms with Gasteiger partial charge >= 0.3 is 0 Å². The van der Waals surface area contributed by atoms with E-state index >= 15 is 0 Å². The summed E-state index contributed by atoms with van der Waals surface area (Å²) in [6.45, 7) is 3.66. The van der Waals surface area contributed by atoms with E-state index in [1.807, 2.05) is 6.08 Å². The molecule has 0 fully saturated rings. The van der Waals surface area contributed by atoms with Crippen LogP contribution in [0.5, 0.6) is 5.75 Å². The Balaban J connectivity index is 2.69. The standard InChI is InChI=1S/C12H15FO/c1-3-4-5-6-10-7-8-11(13)9-12(10)14-2/h3,7-9H,1,4-6H2,2H3. The Kier molecular flexibility index (Phi) is 4.17. The molecule has 1 nitrogen and oxygen atoms in total. The van der Waals surface area contributed by atoms with Crippen molar-refractivity contribution in [2.75, 3.05) is 7.11 Å². The van der Waals surface area contributed by atoms with Crippen molar-refractivity contribution in [3.05, 3.63) is 42.2 Å². The topological polar surface area (TPSA) is 9.23 Å². The molecule has 0 aromatic heterocycles. The van der Waals surface area contributed by atoms with Gasteiger partial charge in [0.2, 0.25) is 0 Å². The Labute approximate surface area is 84.2 Å². The Morgan fingerprint density at radius 3 is 2.93 bits per heavy atom. The third-order valence-corrected chi connectivity index (χ3v) is 2.10. The molecule has 76 valence electrons. The van der Waals surface area contributed by atoms with Crippen molar-refractivity contribution in [1.29, 1.82) is 0 Å². The molecule has 2 heteroatoms. The van der Waals surface area contributed by atoms with E-state index in [0.717, 1.165) is 24.8 Å². The molecule has 0 atom stereocenters. The van der Waals surface area contributed by atoms with Gasteiger partial charge in [0.1, 0.15) is 11.6 Å². The number of hydrogen-bond acceptors (Lipinski definition) is 1. The lowest BCUT2D eigenvalue weighted by Crippen LogP contribution is -1.93. The molecule has 0 aliphatic rings. The predicted molar refractivity (Wildman–Crippen MR) is 56.1 cm³/mol. The van der Waals surface area contributed by atoms with Crippen LogP contribution >= 0.6 is 0 Å². The van der Waals surface area contributed by atoms with E-state index in [-0.39, 0.29) is 5.82 Å². The first-order valence-corrected chi connectivity index (χ1v) is 4.71. The molecule has 1 rings (SSSR count). The summed E-state index contributed by atoms with van der Waals surface area (Å²) in [6.07, 6.45) is 4.78. The Morgan fingerprint density at radius 1 is 1.50 bits per heavy atom.